The molecule has 0 fully saturated rings. The highest BCUT2D eigenvalue weighted by Crippen LogP contribution is 2.26. The second-order valence-electron chi connectivity index (χ2n) is 2.52. The molecule has 0 bridgehead atoms. The number of rotatable bonds is 0. The highest BCUT2D eigenvalue weighted by molar-refractivity contribution is 7.17. The van der Waals surface area contributed by atoms with Gasteiger partial charge in [0.15, 0.2) is 0 Å². The minimum Gasteiger partial charge on any atom is -0.399 e. The average molecular weight is 174 g/mol. The molecular formula is C9H6N2S. The van der Waals surface area contributed by atoms with Crippen LogP contribution in [0.5, 0.6) is 0 Å². The van der Waals surface area contributed by atoms with Crippen molar-refractivity contribution in [2.24, 2.45) is 0 Å². The van der Waals surface area contributed by atoms with Crippen LogP contribution >= 0.6 is 11.3 Å². The summed E-state index contributed by atoms with van der Waals surface area (Å²) >= 11 is 1.55. The van der Waals surface area contributed by atoms with Gasteiger partial charge in [0, 0.05) is 21.2 Å². The summed E-state index contributed by atoms with van der Waals surface area (Å²) in [7, 11) is 0. The molecule has 1 aromatic carbocycles. The fraction of sp³-hybridized carbons (Fsp3) is 0. The number of nitrogens with two attached hydrogens (primary N) is 1. The van der Waals surface area contributed by atoms with Crippen LogP contribution in [-0.2, 0) is 0 Å². The third-order valence-corrected chi connectivity index (χ3v) is 2.67. The van der Waals surface area contributed by atoms with Crippen LogP contribution in [0.15, 0.2) is 23.6 Å². The van der Waals surface area contributed by atoms with Crippen LogP contribution in [0.3, 0.4) is 0 Å². The quantitative estimate of drug-likeness (QED) is 0.623. The van der Waals surface area contributed by atoms with Crippen LogP contribution in [0.1, 0.15) is 5.56 Å². The molecule has 1 heterocycles. The Morgan fingerprint density at radius 2 is 2.25 bits per heavy atom. The van der Waals surface area contributed by atoms with E-state index in [0.717, 1.165) is 21.3 Å². The zero-order valence-electron chi connectivity index (χ0n) is 6.24. The van der Waals surface area contributed by atoms with Crippen molar-refractivity contribution in [1.82, 2.24) is 0 Å². The van der Waals surface area contributed by atoms with Crippen LogP contribution in [0.4, 0.5) is 5.69 Å². The molecule has 0 aliphatic rings. The van der Waals surface area contributed by atoms with Gasteiger partial charge in [-0.15, -0.1) is 11.3 Å². The molecule has 0 atom stereocenters. The first kappa shape index (κ1) is 7.14. The van der Waals surface area contributed by atoms with E-state index in [2.05, 4.69) is 6.07 Å². The summed E-state index contributed by atoms with van der Waals surface area (Å²) in [6.45, 7) is 0. The number of nitriles is 1. The lowest BCUT2D eigenvalue weighted by Gasteiger charge is -1.91. The molecule has 0 amide bonds. The molecule has 3 heteroatoms. The molecule has 12 heavy (non-hydrogen) atoms. The highest BCUT2D eigenvalue weighted by atomic mass is 32.1. The Morgan fingerprint density at radius 3 is 3.00 bits per heavy atom. The molecule has 0 radical (unpaired) electrons. The van der Waals surface area contributed by atoms with Gasteiger partial charge in [-0.3, -0.25) is 0 Å². The van der Waals surface area contributed by atoms with Crippen LogP contribution in [-0.4, -0.2) is 0 Å². The third kappa shape index (κ3) is 0.936. The summed E-state index contributed by atoms with van der Waals surface area (Å²) in [5.41, 5.74) is 7.07. The summed E-state index contributed by atoms with van der Waals surface area (Å²) in [5, 5.41) is 11.6. The summed E-state index contributed by atoms with van der Waals surface area (Å²) in [6, 6.07) is 7.73. The number of hydrogen-bond acceptors (Lipinski definition) is 3. The van der Waals surface area contributed by atoms with Crippen molar-refractivity contribution in [3.05, 3.63) is 29.1 Å². The first-order valence-corrected chi connectivity index (χ1v) is 4.36. The number of hydrogen-bond donors (Lipinski definition) is 1. The van der Waals surface area contributed by atoms with E-state index in [4.69, 9.17) is 11.0 Å². The Balaban J connectivity index is 2.84. The topological polar surface area (TPSA) is 49.8 Å². The van der Waals surface area contributed by atoms with Gasteiger partial charge in [-0.05, 0) is 12.1 Å². The first-order chi connectivity index (χ1) is 5.81. The Hall–Kier alpha value is -1.53. The zero-order valence-corrected chi connectivity index (χ0v) is 7.06. The molecule has 0 aliphatic heterocycles. The predicted octanol–water partition coefficient (Wildman–Crippen LogP) is 2.36. The smallest absolute Gasteiger partial charge is 0.101 e. The van der Waals surface area contributed by atoms with E-state index in [-0.39, 0.29) is 0 Å². The van der Waals surface area contributed by atoms with Gasteiger partial charge < -0.3 is 5.73 Å². The van der Waals surface area contributed by atoms with E-state index in [1.165, 1.54) is 0 Å². The molecular weight excluding hydrogens is 168 g/mol. The second-order valence-corrected chi connectivity index (χ2v) is 3.43. The maximum atomic E-state index is 8.72. The standard InChI is InChI=1S/C9H6N2S/c10-4-6-5-12-9-3-7(11)1-2-8(6)9/h1-3,5H,11H2. The lowest BCUT2D eigenvalue weighted by Crippen LogP contribution is -1.81. The number of anilines is 1. The largest absolute Gasteiger partial charge is 0.399 e. The fourth-order valence-corrected chi connectivity index (χ4v) is 2.06. The molecule has 0 unspecified atom stereocenters. The maximum Gasteiger partial charge on any atom is 0.101 e. The molecule has 0 spiro atoms. The monoisotopic (exact) mass is 174 g/mol. The fourth-order valence-electron chi connectivity index (χ4n) is 1.13. The first-order valence-electron chi connectivity index (χ1n) is 3.48. The van der Waals surface area contributed by atoms with Crippen LogP contribution < -0.4 is 5.73 Å². The van der Waals surface area contributed by atoms with Gasteiger partial charge in [-0.2, -0.15) is 5.26 Å². The van der Waals surface area contributed by atoms with Gasteiger partial charge >= 0.3 is 0 Å². The normalized spacial score (nSPS) is 9.92. The molecule has 2 aromatic rings. The molecule has 58 valence electrons. The average Bonchev–Trinajstić information content (AvgIpc) is 2.46. The number of nitrogen functional groups attached to an aromatic ring is 1. The van der Waals surface area contributed by atoms with E-state index >= 15 is 0 Å². The Kier molecular flexibility index (Phi) is 1.49. The summed E-state index contributed by atoms with van der Waals surface area (Å²) in [5.74, 6) is 0. The van der Waals surface area contributed by atoms with Gasteiger partial charge in [0.1, 0.15) is 6.07 Å². The SMILES string of the molecule is N#Cc1csc2cc(N)ccc12. The lowest BCUT2D eigenvalue weighted by molar-refractivity contribution is 1.52. The van der Waals surface area contributed by atoms with E-state index in [0.29, 0.717) is 0 Å². The minimum atomic E-state index is 0.731. The number of nitrogens with zero attached hydrogens (tertiary/aromatic N) is 1. The molecule has 2 nitrogen and oxygen atoms in total. The van der Waals surface area contributed by atoms with Gasteiger partial charge in [-0.1, -0.05) is 6.07 Å². The minimum absolute atomic E-state index is 0.731. The van der Waals surface area contributed by atoms with Crippen LogP contribution in [0.2, 0.25) is 0 Å². The number of thiophene rings is 1. The summed E-state index contributed by atoms with van der Waals surface area (Å²) in [6.07, 6.45) is 0. The van der Waals surface area contributed by atoms with Gasteiger partial charge in [-0.25, -0.2) is 0 Å². The van der Waals surface area contributed by atoms with Crippen LogP contribution in [0, 0.1) is 11.3 Å². The molecule has 0 saturated heterocycles. The second kappa shape index (κ2) is 2.50. The van der Waals surface area contributed by atoms with E-state index < -0.39 is 0 Å². The van der Waals surface area contributed by atoms with Crippen molar-refractivity contribution in [3.63, 3.8) is 0 Å². The predicted molar refractivity (Wildman–Crippen MR) is 51.0 cm³/mol. The number of fused-ring (bicyclic) bond motifs is 1. The van der Waals surface area contributed by atoms with Gasteiger partial charge in [0.05, 0.1) is 5.56 Å². The number of benzene rings is 1. The Bertz CT molecular complexity index is 465. The van der Waals surface area contributed by atoms with Crippen molar-refractivity contribution in [1.29, 1.82) is 5.26 Å². The lowest BCUT2D eigenvalue weighted by atomic mass is 10.2. The maximum absolute atomic E-state index is 8.72. The molecule has 2 rings (SSSR count). The molecule has 1 aromatic heterocycles. The Labute approximate surface area is 73.9 Å². The van der Waals surface area contributed by atoms with E-state index in [1.54, 1.807) is 11.3 Å². The highest BCUT2D eigenvalue weighted by Gasteiger charge is 2.01. The third-order valence-electron chi connectivity index (χ3n) is 1.72. The zero-order chi connectivity index (χ0) is 8.55. The van der Waals surface area contributed by atoms with Gasteiger partial charge in [0.25, 0.3) is 0 Å². The van der Waals surface area contributed by atoms with E-state index in [1.807, 2.05) is 23.6 Å². The van der Waals surface area contributed by atoms with Crippen molar-refractivity contribution >= 4 is 27.1 Å². The molecule has 0 aliphatic carbocycles. The van der Waals surface area contributed by atoms with Crippen molar-refractivity contribution in [2.45, 2.75) is 0 Å². The summed E-state index contributed by atoms with van der Waals surface area (Å²) < 4.78 is 1.08. The Morgan fingerprint density at radius 1 is 1.42 bits per heavy atom. The van der Waals surface area contributed by atoms with Gasteiger partial charge in [0.2, 0.25) is 0 Å². The molecule has 2 N–H and O–H groups in total. The van der Waals surface area contributed by atoms with E-state index in [9.17, 15) is 0 Å². The van der Waals surface area contributed by atoms with Crippen LogP contribution in [0.25, 0.3) is 10.1 Å². The summed E-state index contributed by atoms with van der Waals surface area (Å²) in [4.78, 5) is 0. The van der Waals surface area contributed by atoms with Crippen molar-refractivity contribution in [3.8, 4) is 6.07 Å². The van der Waals surface area contributed by atoms with Crippen molar-refractivity contribution < 1.29 is 0 Å². The van der Waals surface area contributed by atoms with Crippen molar-refractivity contribution in [2.75, 3.05) is 5.73 Å². The molecule has 0 saturated carbocycles.